The molecule has 4 aromatic carbocycles. The number of nitrogens with one attached hydrogen (secondary N) is 5. The van der Waals surface area contributed by atoms with E-state index < -0.39 is 0 Å². The topological polar surface area (TPSA) is 211 Å². The van der Waals surface area contributed by atoms with Crippen molar-refractivity contribution in [2.45, 2.75) is 0 Å². The summed E-state index contributed by atoms with van der Waals surface area (Å²) in [4.78, 5) is 12.7. The molecule has 0 atom stereocenters. The van der Waals surface area contributed by atoms with Crippen LogP contribution in [0.2, 0.25) is 0 Å². The molecule has 0 unspecified atom stereocenters. The first-order valence-corrected chi connectivity index (χ1v) is 18.6. The van der Waals surface area contributed by atoms with Crippen LogP contribution in [0.4, 0.5) is 0 Å². The molecular weight excluding hydrogens is 827 g/mol. The molecule has 0 aliphatic carbocycles. The zero-order valence-electron chi connectivity index (χ0n) is 30.1. The van der Waals surface area contributed by atoms with Gasteiger partial charge >= 0.3 is 0 Å². The van der Waals surface area contributed by atoms with Crippen LogP contribution >= 0.6 is 61.1 Å². The molecule has 0 spiro atoms. The fourth-order valence-corrected chi connectivity index (χ4v) is 4.44. The van der Waals surface area contributed by atoms with Gasteiger partial charge in [-0.15, -0.1) is 5.10 Å². The van der Waals surface area contributed by atoms with Crippen LogP contribution in [0.15, 0.2) is 138 Å². The maximum atomic E-state index is 5.34. The minimum Gasteiger partial charge on any atom is -0.375 e. The first-order chi connectivity index (χ1) is 28.1. The zero-order valence-corrected chi connectivity index (χ0v) is 34.2. The molecule has 0 amide bonds. The van der Waals surface area contributed by atoms with Crippen LogP contribution in [0.3, 0.4) is 0 Å². The minimum absolute atomic E-state index is 0.0956. The summed E-state index contributed by atoms with van der Waals surface area (Å²) in [6.07, 6.45) is 13.0. The van der Waals surface area contributed by atoms with Crippen molar-refractivity contribution in [2.24, 2.45) is 52.0 Å². The van der Waals surface area contributed by atoms with Crippen molar-refractivity contribution in [3.05, 3.63) is 142 Å². The number of hydrogen-bond acceptors (Lipinski definition) is 10. The highest BCUT2D eigenvalue weighted by Gasteiger charge is 1.96. The summed E-state index contributed by atoms with van der Waals surface area (Å²) in [5.74, 6) is 2.77. The number of benzene rings is 4. The van der Waals surface area contributed by atoms with Gasteiger partial charge in [-0.3, -0.25) is 21.7 Å². The standard InChI is InChI=1S/C38H33N15S5/c39-34(54)49-45-22-30-3-1-26(2-4-30)17-18-44-51-36(56)41-19-27-7-13-32(14-8-27)24-47-53-38(58)43-21-29-9-15-33(16-10-29)25-48-52-37(57)42-20-28-5-11-31(12-6-28)23-46-50-35(40)55/h1-17,19-25H,(H,51,56)(H,52,57)(H,53,58)(H3,39,49,54)(H3,40,50,55)/b41-19?,42-20?,43-21?,45-22+,46-23+,47-24+,48-25+. The number of hydrogen-bond donors (Lipinski definition) is 7. The number of thiocarbonyl (C=S) groups is 5. The molecule has 0 radical (unpaired) electrons. The Bertz CT molecular complexity index is 2340. The summed E-state index contributed by atoms with van der Waals surface area (Å²) >= 11 is 25.1. The van der Waals surface area contributed by atoms with Gasteiger partial charge in [0.05, 0.1) is 24.9 Å². The Morgan fingerprint density at radius 2 is 0.638 bits per heavy atom. The van der Waals surface area contributed by atoms with E-state index in [2.05, 4.69) is 73.5 Å². The molecule has 0 saturated carbocycles. The zero-order chi connectivity index (χ0) is 41.4. The highest BCUT2D eigenvalue weighted by atomic mass is 32.1. The van der Waals surface area contributed by atoms with Crippen molar-refractivity contribution in [1.29, 1.82) is 0 Å². The Balaban J connectivity index is 1.13. The summed E-state index contributed by atoms with van der Waals surface area (Å²) in [5, 5.41) is 20.9. The van der Waals surface area contributed by atoms with E-state index in [1.54, 1.807) is 49.6 Å². The van der Waals surface area contributed by atoms with Gasteiger partial charge in [0, 0.05) is 30.6 Å². The number of aliphatic imine (C=N–C) groups is 3. The van der Waals surface area contributed by atoms with Crippen LogP contribution in [0.5, 0.6) is 0 Å². The second-order valence-electron chi connectivity index (χ2n) is 11.1. The maximum Gasteiger partial charge on any atom is 0.213 e. The summed E-state index contributed by atoms with van der Waals surface area (Å²) in [5.41, 5.74) is 30.6. The predicted molar refractivity (Wildman–Crippen MR) is 258 cm³/mol. The summed E-state index contributed by atoms with van der Waals surface area (Å²) in [6.45, 7) is 0. The van der Waals surface area contributed by atoms with Gasteiger partial charge < -0.3 is 11.5 Å². The minimum atomic E-state index is 0.0956. The third-order valence-electron chi connectivity index (χ3n) is 6.71. The molecule has 0 saturated heterocycles. The Morgan fingerprint density at radius 3 is 0.948 bits per heavy atom. The molecule has 0 fully saturated rings. The molecular formula is C38H33N15S5. The van der Waals surface area contributed by atoms with Gasteiger partial charge in [0.1, 0.15) is 0 Å². The molecule has 0 aliphatic heterocycles. The normalized spacial score (nSPS) is 11.4. The van der Waals surface area contributed by atoms with E-state index in [4.69, 9.17) is 72.6 Å². The molecule has 0 heterocycles. The van der Waals surface area contributed by atoms with E-state index in [0.29, 0.717) is 0 Å². The first kappa shape index (κ1) is 43.8. The van der Waals surface area contributed by atoms with Gasteiger partial charge in [0.15, 0.2) is 10.2 Å². The van der Waals surface area contributed by atoms with Crippen molar-refractivity contribution < 1.29 is 0 Å². The van der Waals surface area contributed by atoms with Crippen LogP contribution in [-0.2, 0) is 0 Å². The van der Waals surface area contributed by atoms with E-state index in [-0.39, 0.29) is 25.6 Å². The van der Waals surface area contributed by atoms with Gasteiger partial charge in [-0.2, -0.15) is 20.4 Å². The maximum absolute atomic E-state index is 5.34. The fourth-order valence-electron chi connectivity index (χ4n) is 4.02. The number of nitrogens with two attached hydrogens (primary N) is 2. The van der Waals surface area contributed by atoms with Crippen molar-refractivity contribution in [2.75, 3.05) is 0 Å². The summed E-state index contributed by atoms with van der Waals surface area (Å²) < 4.78 is 0. The molecule has 4 aromatic rings. The lowest BCUT2D eigenvalue weighted by Gasteiger charge is -1.99. The van der Waals surface area contributed by atoms with Crippen LogP contribution < -0.4 is 38.6 Å². The van der Waals surface area contributed by atoms with Crippen LogP contribution in [0.25, 0.3) is 6.08 Å². The molecule has 58 heavy (non-hydrogen) atoms. The summed E-state index contributed by atoms with van der Waals surface area (Å²) in [7, 11) is 0. The number of hydrazone groups is 5. The van der Waals surface area contributed by atoms with E-state index in [9.17, 15) is 0 Å². The van der Waals surface area contributed by atoms with Crippen molar-refractivity contribution in [3.63, 3.8) is 0 Å². The first-order valence-electron chi connectivity index (χ1n) is 16.6. The van der Waals surface area contributed by atoms with Crippen LogP contribution in [0, 0.1) is 0 Å². The van der Waals surface area contributed by atoms with Gasteiger partial charge in [-0.25, -0.2) is 20.4 Å². The monoisotopic (exact) mass is 859 g/mol. The quantitative estimate of drug-likeness (QED) is 0.0572. The highest BCUT2D eigenvalue weighted by molar-refractivity contribution is 7.81. The molecule has 9 N–H and O–H groups in total. The average Bonchev–Trinajstić information content (AvgIpc) is 3.22. The smallest absolute Gasteiger partial charge is 0.213 e. The summed E-state index contributed by atoms with van der Waals surface area (Å²) in [6, 6.07) is 30.0. The largest absolute Gasteiger partial charge is 0.375 e. The number of nitrogens with zero attached hydrogens (tertiary/aromatic N) is 8. The highest BCUT2D eigenvalue weighted by Crippen LogP contribution is 2.05. The lowest BCUT2D eigenvalue weighted by atomic mass is 10.1. The third kappa shape index (κ3) is 18.1. The molecule has 4 rings (SSSR count). The lowest BCUT2D eigenvalue weighted by Crippen LogP contribution is -2.23. The number of rotatable bonds is 13. The van der Waals surface area contributed by atoms with Crippen molar-refractivity contribution >= 4 is 142 Å². The Hall–Kier alpha value is -6.93. The van der Waals surface area contributed by atoms with Gasteiger partial charge in [-0.05, 0) is 106 Å². The molecule has 20 heteroatoms. The lowest BCUT2D eigenvalue weighted by molar-refractivity contribution is 1.04. The van der Waals surface area contributed by atoms with Gasteiger partial charge in [0.2, 0.25) is 15.3 Å². The van der Waals surface area contributed by atoms with E-state index in [1.165, 1.54) is 0 Å². The van der Waals surface area contributed by atoms with Gasteiger partial charge in [-0.1, -0.05) is 97.1 Å². The molecule has 290 valence electrons. The third-order valence-corrected chi connectivity index (χ3v) is 7.48. The van der Waals surface area contributed by atoms with Crippen molar-refractivity contribution in [1.82, 2.24) is 27.1 Å². The Labute approximate surface area is 360 Å². The average molecular weight is 860 g/mol. The Kier molecular flexibility index (Phi) is 18.5. The van der Waals surface area contributed by atoms with Gasteiger partial charge in [0.25, 0.3) is 0 Å². The van der Waals surface area contributed by atoms with Crippen LogP contribution in [0.1, 0.15) is 44.5 Å². The second kappa shape index (κ2) is 24.6. The molecule has 0 bridgehead atoms. The second-order valence-corrected chi connectivity index (χ2v) is 13.1. The SMILES string of the molecule is NC(=S)N/N=C/c1ccc(C=C=NNC(=S)N=Cc2ccc(/C=N/NC(=S)N=Cc3ccc(/C=N/NC(=S)N=Cc4ccc(/C=N/NC(N)=S)cc4)cc3)cc2)cc1. The van der Waals surface area contributed by atoms with E-state index in [1.807, 2.05) is 97.1 Å². The van der Waals surface area contributed by atoms with Crippen LogP contribution in [-0.4, -0.2) is 74.9 Å². The van der Waals surface area contributed by atoms with E-state index >= 15 is 0 Å². The predicted octanol–water partition coefficient (Wildman–Crippen LogP) is 4.27. The molecule has 15 nitrogen and oxygen atoms in total. The fraction of sp³-hybridized carbons (Fsp3) is 0. The Morgan fingerprint density at radius 1 is 0.379 bits per heavy atom. The van der Waals surface area contributed by atoms with Crippen molar-refractivity contribution in [3.8, 4) is 0 Å². The molecule has 0 aromatic heterocycles. The van der Waals surface area contributed by atoms with E-state index in [0.717, 1.165) is 44.5 Å². The molecule has 0 aliphatic rings.